The number of rotatable bonds is 6. The van der Waals surface area contributed by atoms with Crippen molar-refractivity contribution in [1.82, 2.24) is 19.5 Å². The Kier molecular flexibility index (Phi) is 6.88. The zero-order valence-electron chi connectivity index (χ0n) is 21.7. The minimum absolute atomic E-state index is 0.0149. The lowest BCUT2D eigenvalue weighted by molar-refractivity contribution is -0.0384. The van der Waals surface area contributed by atoms with Crippen molar-refractivity contribution in [2.45, 2.75) is 103 Å². The van der Waals surface area contributed by atoms with E-state index in [4.69, 9.17) is 19.3 Å². The van der Waals surface area contributed by atoms with E-state index in [2.05, 4.69) is 82.7 Å². The fraction of sp³-hybridized carbons (Fsp3) is 0.773. The van der Waals surface area contributed by atoms with Crippen molar-refractivity contribution in [3.05, 3.63) is 12.4 Å². The average Bonchev–Trinajstić information content (AvgIpc) is 3.21. The third kappa shape index (κ3) is 5.32. The van der Waals surface area contributed by atoms with Crippen molar-refractivity contribution in [2.75, 3.05) is 12.3 Å². The molecular formula is C22H40FN5O3Si2. The summed E-state index contributed by atoms with van der Waals surface area (Å²) in [5, 5.41) is 0.149. The zero-order chi connectivity index (χ0) is 25.0. The fourth-order valence-corrected chi connectivity index (χ4v) is 5.70. The minimum Gasteiger partial charge on any atom is -0.414 e. The van der Waals surface area contributed by atoms with Crippen LogP contribution in [0.2, 0.25) is 36.3 Å². The summed E-state index contributed by atoms with van der Waals surface area (Å²) in [6.07, 6.45) is 0.481. The van der Waals surface area contributed by atoms with E-state index in [0.29, 0.717) is 24.2 Å². The van der Waals surface area contributed by atoms with Crippen LogP contribution in [0.25, 0.3) is 11.2 Å². The maximum atomic E-state index is 13.9. The number of nitrogens with two attached hydrogens (primary N) is 1. The molecule has 1 aliphatic rings. The summed E-state index contributed by atoms with van der Waals surface area (Å²) in [6.45, 7) is 22.7. The molecule has 3 atom stereocenters. The molecule has 0 amide bonds. The molecule has 0 aliphatic carbocycles. The van der Waals surface area contributed by atoms with Crippen LogP contribution >= 0.6 is 0 Å². The van der Waals surface area contributed by atoms with E-state index < -0.39 is 28.9 Å². The van der Waals surface area contributed by atoms with Gasteiger partial charge in [0.15, 0.2) is 33.6 Å². The number of imidazole rings is 1. The van der Waals surface area contributed by atoms with Crippen LogP contribution in [0.3, 0.4) is 0 Å². The lowest BCUT2D eigenvalue weighted by Crippen LogP contribution is -2.48. The predicted molar refractivity (Wildman–Crippen MR) is 133 cm³/mol. The highest BCUT2D eigenvalue weighted by atomic mass is 28.4. The maximum Gasteiger partial charge on any atom is 0.312 e. The molecule has 2 N–H and O–H groups in total. The lowest BCUT2D eigenvalue weighted by atomic mass is 10.2. The molecule has 11 heteroatoms. The van der Waals surface area contributed by atoms with E-state index in [1.54, 1.807) is 10.9 Å². The standard InChI is InChI=1S/C22H40FN5O3Si2/c1-21(2,3)32(7,8)29-12-15-14(31-33(9,10)22(4,5)6)11-16(30-15)28-13-25-17-18(24)26-20(23)27-19(17)28/h13-16H,11-12H2,1-10H3,(H2,24,26,27)/t14-,15+,16+/m0/s1. The smallest absolute Gasteiger partial charge is 0.312 e. The van der Waals surface area contributed by atoms with Crippen LogP contribution in [0.15, 0.2) is 6.33 Å². The molecule has 1 fully saturated rings. The number of aromatic nitrogens is 4. The molecule has 33 heavy (non-hydrogen) atoms. The Labute approximate surface area is 198 Å². The highest BCUT2D eigenvalue weighted by Gasteiger charge is 2.46. The highest BCUT2D eigenvalue weighted by Crippen LogP contribution is 2.43. The molecule has 0 bridgehead atoms. The topological polar surface area (TPSA) is 97.3 Å². The van der Waals surface area contributed by atoms with E-state index in [9.17, 15) is 4.39 Å². The summed E-state index contributed by atoms with van der Waals surface area (Å²) in [5.41, 5.74) is 6.53. The molecule has 1 aliphatic heterocycles. The third-order valence-electron chi connectivity index (χ3n) is 7.58. The van der Waals surface area contributed by atoms with Gasteiger partial charge in [-0.3, -0.25) is 4.57 Å². The molecular weight excluding hydrogens is 457 g/mol. The van der Waals surface area contributed by atoms with Crippen molar-refractivity contribution in [2.24, 2.45) is 0 Å². The molecule has 8 nitrogen and oxygen atoms in total. The normalized spacial score (nSPS) is 22.9. The molecule has 0 saturated carbocycles. The second-order valence-electron chi connectivity index (χ2n) is 12.1. The molecule has 186 valence electrons. The van der Waals surface area contributed by atoms with Crippen LogP contribution in [0.1, 0.15) is 54.2 Å². The van der Waals surface area contributed by atoms with E-state index in [1.807, 2.05) is 0 Å². The first kappa shape index (κ1) is 26.2. The van der Waals surface area contributed by atoms with Gasteiger partial charge >= 0.3 is 6.08 Å². The van der Waals surface area contributed by atoms with Gasteiger partial charge in [-0.05, 0) is 36.3 Å². The summed E-state index contributed by atoms with van der Waals surface area (Å²) in [4.78, 5) is 11.8. The van der Waals surface area contributed by atoms with Gasteiger partial charge in [-0.2, -0.15) is 14.4 Å². The molecule has 0 spiro atoms. The number of hydrogen-bond acceptors (Lipinski definition) is 7. The maximum absolute atomic E-state index is 13.9. The molecule has 0 radical (unpaired) electrons. The summed E-state index contributed by atoms with van der Waals surface area (Å²) in [5.74, 6) is 0.0149. The zero-order valence-corrected chi connectivity index (χ0v) is 23.7. The number of fused-ring (bicyclic) bond motifs is 1. The first-order chi connectivity index (χ1) is 14.9. The number of ether oxygens (including phenoxy) is 1. The van der Waals surface area contributed by atoms with Crippen molar-refractivity contribution >= 4 is 33.6 Å². The number of halogens is 1. The van der Waals surface area contributed by atoms with E-state index in [-0.39, 0.29) is 28.1 Å². The molecule has 3 heterocycles. The first-order valence-corrected chi connectivity index (χ1v) is 17.4. The second kappa shape index (κ2) is 8.67. The Morgan fingerprint density at radius 3 is 2.27 bits per heavy atom. The molecule has 2 aromatic rings. The number of nitrogens with zero attached hydrogens (tertiary/aromatic N) is 4. The fourth-order valence-electron chi connectivity index (χ4n) is 3.33. The van der Waals surface area contributed by atoms with Gasteiger partial charge in [0.25, 0.3) is 0 Å². The van der Waals surface area contributed by atoms with Gasteiger partial charge in [-0.25, -0.2) is 4.98 Å². The summed E-state index contributed by atoms with van der Waals surface area (Å²) >= 11 is 0. The van der Waals surface area contributed by atoms with Crippen LogP contribution in [-0.2, 0) is 13.6 Å². The molecule has 0 unspecified atom stereocenters. The van der Waals surface area contributed by atoms with Crippen molar-refractivity contribution < 1.29 is 18.0 Å². The second-order valence-corrected chi connectivity index (χ2v) is 21.6. The SMILES string of the molecule is CC(C)(C)[Si](C)(C)OC[C@H]1O[C@@H](n2cnc3c(N)nc(F)nc32)C[C@@H]1O[Si](C)(C)C(C)(C)C. The Hall–Kier alpha value is -1.41. The van der Waals surface area contributed by atoms with Crippen molar-refractivity contribution in [3.63, 3.8) is 0 Å². The average molecular weight is 498 g/mol. The first-order valence-electron chi connectivity index (χ1n) is 11.6. The Bertz CT molecular complexity index is 1000. The van der Waals surface area contributed by atoms with Crippen molar-refractivity contribution in [3.8, 4) is 0 Å². The van der Waals surface area contributed by atoms with Gasteiger partial charge in [0.2, 0.25) is 0 Å². The number of nitrogen functional groups attached to an aromatic ring is 1. The van der Waals surface area contributed by atoms with Crippen LogP contribution in [0.5, 0.6) is 0 Å². The van der Waals surface area contributed by atoms with Gasteiger partial charge in [0.1, 0.15) is 12.3 Å². The largest absolute Gasteiger partial charge is 0.414 e. The monoisotopic (exact) mass is 497 g/mol. The van der Waals surface area contributed by atoms with Crippen LogP contribution in [0, 0.1) is 6.08 Å². The molecule has 0 aromatic carbocycles. The van der Waals surface area contributed by atoms with Crippen molar-refractivity contribution in [1.29, 1.82) is 0 Å². The molecule has 1 saturated heterocycles. The Balaban J connectivity index is 1.90. The summed E-state index contributed by atoms with van der Waals surface area (Å²) in [7, 11) is -4.04. The number of anilines is 1. The Morgan fingerprint density at radius 2 is 1.70 bits per heavy atom. The van der Waals surface area contributed by atoms with Gasteiger partial charge in [-0.15, -0.1) is 0 Å². The van der Waals surface area contributed by atoms with Gasteiger partial charge in [0.05, 0.1) is 19.0 Å². The number of hydrogen-bond donors (Lipinski definition) is 1. The molecule has 2 aromatic heterocycles. The minimum atomic E-state index is -2.06. The lowest BCUT2D eigenvalue weighted by Gasteiger charge is -2.40. The van der Waals surface area contributed by atoms with Crippen LogP contribution < -0.4 is 5.73 Å². The van der Waals surface area contributed by atoms with E-state index >= 15 is 0 Å². The summed E-state index contributed by atoms with van der Waals surface area (Å²) in [6, 6.07) is 0. The quantitative estimate of drug-likeness (QED) is 0.430. The van der Waals surface area contributed by atoms with Gasteiger partial charge in [0, 0.05) is 6.42 Å². The summed E-state index contributed by atoms with van der Waals surface area (Å²) < 4.78 is 35.4. The van der Waals surface area contributed by atoms with Crippen LogP contribution in [0.4, 0.5) is 10.2 Å². The van der Waals surface area contributed by atoms with E-state index in [1.165, 1.54) is 0 Å². The molecule has 3 rings (SSSR count). The van der Waals surface area contributed by atoms with E-state index in [0.717, 1.165) is 0 Å². The highest BCUT2D eigenvalue weighted by molar-refractivity contribution is 6.74. The third-order valence-corrected chi connectivity index (χ3v) is 16.6. The van der Waals surface area contributed by atoms with Gasteiger partial charge < -0.3 is 19.3 Å². The van der Waals surface area contributed by atoms with Crippen LogP contribution in [-0.4, -0.2) is 55.0 Å². The Morgan fingerprint density at radius 1 is 1.09 bits per heavy atom. The predicted octanol–water partition coefficient (Wildman–Crippen LogP) is 5.25. The van der Waals surface area contributed by atoms with Gasteiger partial charge in [-0.1, -0.05) is 41.5 Å².